The zero-order chi connectivity index (χ0) is 58.6. The van der Waals surface area contributed by atoms with Crippen LogP contribution in [0, 0.1) is 84.7 Å². The van der Waals surface area contributed by atoms with E-state index in [9.17, 15) is 49.3 Å². The fraction of sp³-hybridized carbons (Fsp3) is 0.111. The molecule has 7 aromatic rings. The van der Waals surface area contributed by atoms with Gasteiger partial charge in [-0.2, -0.15) is 4.99 Å². The number of hydrogen-bond donors (Lipinski definition) is 2. The van der Waals surface area contributed by atoms with Crippen LogP contribution in [-0.2, 0) is 4.57 Å². The largest absolute Gasteiger partial charge is 0.396 e. The zero-order valence-corrected chi connectivity index (χ0v) is 49.0. The second-order valence-corrected chi connectivity index (χ2v) is 33.7. The van der Waals surface area contributed by atoms with Crippen molar-refractivity contribution in [3.63, 3.8) is 0 Å². The molecule has 0 amide bonds. The topological polar surface area (TPSA) is 326 Å². The van der Waals surface area contributed by atoms with Crippen LogP contribution in [0.1, 0.15) is 27.8 Å². The summed E-state index contributed by atoms with van der Waals surface area (Å²) in [7, 11) is 0. The predicted molar refractivity (Wildman–Crippen MR) is 312 cm³/mol. The summed E-state index contributed by atoms with van der Waals surface area (Å²) in [6.07, 6.45) is 9.43. The Labute approximate surface area is 479 Å². The quantitative estimate of drug-likeness (QED) is 0.0314. The maximum absolute atomic E-state index is 11.5. The third-order valence-electron chi connectivity index (χ3n) is 8.40. The minimum absolute atomic E-state index is 0.0192. The number of hydrogen-bond acceptors (Lipinski definition) is 18. The number of pyridine rings is 7. The summed E-state index contributed by atoms with van der Waals surface area (Å²) in [6.45, 7) is 28.6. The van der Waals surface area contributed by atoms with Crippen LogP contribution in [0.5, 0.6) is 0 Å². The van der Waals surface area contributed by atoms with Crippen LogP contribution in [0.3, 0.4) is 0 Å². The second-order valence-electron chi connectivity index (χ2n) is 14.1. The number of nitro groups is 3. The summed E-state index contributed by atoms with van der Waals surface area (Å²) in [5.41, 5.74) is 8.94. The van der Waals surface area contributed by atoms with Gasteiger partial charge in [0, 0.05) is 94.8 Å². The summed E-state index contributed by atoms with van der Waals surface area (Å²) in [6, 6.07) is 16.9. The van der Waals surface area contributed by atoms with Crippen LogP contribution in [0.2, 0.25) is 0 Å². The SMILES string of the molecule is Cc1cc([N+](=O)[O-])c[nH]c1=O.Cc1cc([N+](=O)[O-])cnc1Br.O=P(Br)(Br)Br.O=c1ccccn1C(=S)n1ccccc1=O.[C-]#[N+]c1ncc(N)cc1C.[C-]#[N+]c1ncc(N=C=S)cc1C.[C-]#[N+]c1ncc([N+](=O)[O-])cc1C. The highest BCUT2D eigenvalue weighted by Gasteiger charge is 2.11. The van der Waals surface area contributed by atoms with Crippen LogP contribution >= 0.6 is 90.1 Å². The van der Waals surface area contributed by atoms with Gasteiger partial charge in [-0.05, 0) is 122 Å². The molecule has 7 heterocycles. The third kappa shape index (κ3) is 25.4. The van der Waals surface area contributed by atoms with E-state index in [-0.39, 0.29) is 44.7 Å². The van der Waals surface area contributed by atoms with Crippen molar-refractivity contribution < 1.29 is 19.3 Å². The summed E-state index contributed by atoms with van der Waals surface area (Å²) < 4.78 is 10.9. The smallest absolute Gasteiger partial charge is 0.309 e. The molecule has 0 aromatic carbocycles. The van der Waals surface area contributed by atoms with Crippen molar-refractivity contribution in [2.24, 2.45) is 4.99 Å². The Hall–Kier alpha value is -8.04. The van der Waals surface area contributed by atoms with Gasteiger partial charge in [-0.15, -0.1) is 15.0 Å². The zero-order valence-electron chi connectivity index (χ0n) is 40.1. The molecule has 0 bridgehead atoms. The van der Waals surface area contributed by atoms with E-state index >= 15 is 0 Å². The molecule has 0 aliphatic heterocycles. The van der Waals surface area contributed by atoms with Gasteiger partial charge in [-0.25, -0.2) is 4.98 Å². The molecule has 25 nitrogen and oxygen atoms in total. The first-order valence-electron chi connectivity index (χ1n) is 20.3. The number of nitrogen functional groups attached to an aromatic ring is 1. The number of aromatic nitrogens is 7. The Kier molecular flexibility index (Phi) is 29.4. The minimum Gasteiger partial charge on any atom is -0.396 e. The Morgan fingerprint density at radius 1 is 0.675 bits per heavy atom. The number of isothiocyanates is 1. The number of rotatable bonds is 4. The number of aromatic amines is 1. The first-order valence-corrected chi connectivity index (χ1v) is 29.6. The average molecular weight is 1360 g/mol. The van der Waals surface area contributed by atoms with E-state index in [2.05, 4.69) is 124 Å². The molecular formula is C45H36Br4N15O10PS2. The van der Waals surface area contributed by atoms with Crippen LogP contribution in [0.4, 0.5) is 45.9 Å². The molecule has 32 heteroatoms. The molecule has 77 heavy (non-hydrogen) atoms. The second kappa shape index (κ2) is 33.8. The van der Waals surface area contributed by atoms with Gasteiger partial charge in [0.05, 0.1) is 31.8 Å². The molecular weight excluding hydrogens is 1330 g/mol. The molecule has 0 radical (unpaired) electrons. The van der Waals surface area contributed by atoms with Crippen LogP contribution in [0.15, 0.2) is 134 Å². The normalized spacial score (nSPS) is 9.43. The Bertz CT molecular complexity index is 3580. The first kappa shape index (κ1) is 67.0. The van der Waals surface area contributed by atoms with Gasteiger partial charge in [0.1, 0.15) is 28.9 Å². The lowest BCUT2D eigenvalue weighted by molar-refractivity contribution is -0.385. The fourth-order valence-electron chi connectivity index (χ4n) is 4.88. The highest BCUT2D eigenvalue weighted by molar-refractivity contribution is 9.94. The van der Waals surface area contributed by atoms with E-state index in [0.29, 0.717) is 38.7 Å². The fourth-order valence-corrected chi connectivity index (χ4v) is 5.50. The molecule has 0 saturated carbocycles. The van der Waals surface area contributed by atoms with Crippen LogP contribution in [-0.4, -0.2) is 59.1 Å². The van der Waals surface area contributed by atoms with Gasteiger partial charge in [0.2, 0.25) is 0 Å². The van der Waals surface area contributed by atoms with Crippen molar-refractivity contribution >= 4 is 146 Å². The molecule has 0 fully saturated rings. The van der Waals surface area contributed by atoms with Crippen molar-refractivity contribution in [1.82, 2.24) is 34.1 Å². The van der Waals surface area contributed by atoms with Crippen LogP contribution in [0.25, 0.3) is 14.5 Å². The lowest BCUT2D eigenvalue weighted by Gasteiger charge is -2.08. The molecule has 0 spiro atoms. The number of nitrogens with two attached hydrogens (primary N) is 1. The Balaban J connectivity index is 0.000000457. The van der Waals surface area contributed by atoms with E-state index in [1.807, 2.05) is 13.8 Å². The lowest BCUT2D eigenvalue weighted by atomic mass is 10.3. The Morgan fingerprint density at radius 3 is 1.45 bits per heavy atom. The van der Waals surface area contributed by atoms with Crippen molar-refractivity contribution in [1.29, 1.82) is 0 Å². The van der Waals surface area contributed by atoms with Gasteiger partial charge in [-0.3, -0.25) is 58.4 Å². The number of anilines is 1. The molecule has 3 N–H and O–H groups in total. The summed E-state index contributed by atoms with van der Waals surface area (Å²) in [5.74, 6) is 1.04. The standard InChI is InChI=1S/C11H8N2O2S.C8H5N3S.C7H5N3O2.C7H7N3.C6H5BrN2O2.C6H6N2O3.Br3OP/c14-9-5-1-3-7-12(9)11(16)13-8-4-2-6-10(13)15;1-6-3-7(11-5-12)4-10-8(6)9-2;1-5-3-6(10(11)12)4-9-7(5)8-2;1-5-3-6(8)4-10-7(5)9-2;1-4-2-5(9(10)11)3-8-6(4)7;1-4-2-5(8(10)11)3-7-6(4)9;1-5(2,3)4/h1-8H;2*3-4H,1H3;3-4H,8H2,1H3;2-3H,1H3;2-3H,1H3,(H,7,9);. The van der Waals surface area contributed by atoms with Crippen molar-refractivity contribution in [3.05, 3.63) is 238 Å². The maximum Gasteiger partial charge on any atom is 0.309 e. The minimum atomic E-state index is -2.20. The summed E-state index contributed by atoms with van der Waals surface area (Å²) in [4.78, 5) is 93.4. The van der Waals surface area contributed by atoms with Gasteiger partial charge < -0.3 is 25.3 Å². The number of H-pyrrole nitrogens is 1. The molecule has 7 rings (SSSR count). The van der Waals surface area contributed by atoms with E-state index < -0.39 is 18.0 Å². The number of aryl methyl sites for hydroxylation is 5. The first-order chi connectivity index (χ1) is 36.1. The molecule has 0 aliphatic rings. The van der Waals surface area contributed by atoms with Gasteiger partial charge >= 0.3 is 5.69 Å². The van der Waals surface area contributed by atoms with E-state index in [1.165, 1.54) is 77.4 Å². The molecule has 0 saturated heterocycles. The van der Waals surface area contributed by atoms with Gasteiger partial charge in [0.25, 0.3) is 48.8 Å². The predicted octanol–water partition coefficient (Wildman–Crippen LogP) is 12.7. The maximum atomic E-state index is 11.5. The number of aliphatic imine (C=N–C) groups is 1. The lowest BCUT2D eigenvalue weighted by Crippen LogP contribution is -2.35. The number of halogens is 4. The molecule has 0 aliphatic carbocycles. The van der Waals surface area contributed by atoms with Crippen molar-refractivity contribution in [3.8, 4) is 0 Å². The van der Waals surface area contributed by atoms with Crippen molar-refractivity contribution in [2.45, 2.75) is 34.6 Å². The highest BCUT2D eigenvalue weighted by Crippen LogP contribution is 2.68. The Morgan fingerprint density at radius 2 is 1.08 bits per heavy atom. The van der Waals surface area contributed by atoms with E-state index in [0.717, 1.165) is 29.1 Å². The number of nitrogens with one attached hydrogen (secondary N) is 1. The van der Waals surface area contributed by atoms with E-state index in [1.54, 1.807) is 50.2 Å². The van der Waals surface area contributed by atoms with Crippen LogP contribution < -0.4 is 22.4 Å². The van der Waals surface area contributed by atoms with Gasteiger partial charge in [-0.1, -0.05) is 31.8 Å². The average Bonchev–Trinajstić information content (AvgIpc) is 3.36. The summed E-state index contributed by atoms with van der Waals surface area (Å²) >= 11 is 21.0. The number of nitrogens with zero attached hydrogens (tertiary/aromatic N) is 13. The molecule has 0 unspecified atom stereocenters. The van der Waals surface area contributed by atoms with E-state index in [4.69, 9.17) is 37.7 Å². The van der Waals surface area contributed by atoms with Gasteiger partial charge in [0.15, 0.2) is 11.3 Å². The molecule has 396 valence electrons. The van der Waals surface area contributed by atoms with Crippen molar-refractivity contribution in [2.75, 3.05) is 5.73 Å². The molecule has 7 aromatic heterocycles. The third-order valence-corrected chi connectivity index (χ3v) is 9.71. The molecule has 0 atom stereocenters. The summed E-state index contributed by atoms with van der Waals surface area (Å²) in [5, 5.41) is 33.0. The monoisotopic (exact) mass is 1360 g/mol. The number of thiocarbonyl (C=S) groups is 2. The highest BCUT2D eigenvalue weighted by atomic mass is 80.0.